The van der Waals surface area contributed by atoms with E-state index in [4.69, 9.17) is 25.6 Å². The average molecular weight is 349 g/mol. The van der Waals surface area contributed by atoms with Crippen LogP contribution in [-0.4, -0.2) is 24.3 Å². The zero-order valence-corrected chi connectivity index (χ0v) is 13.8. The van der Waals surface area contributed by atoms with Crippen molar-refractivity contribution in [3.05, 3.63) is 40.2 Å². The largest absolute Gasteiger partial charge is 0.489 e. The van der Waals surface area contributed by atoms with Gasteiger partial charge in [-0.25, -0.2) is 0 Å². The predicted molar refractivity (Wildman–Crippen MR) is 86.7 cm³/mol. The highest BCUT2D eigenvalue weighted by atomic mass is 35.5. The molecule has 1 N–H and O–H groups in total. The number of carbonyl (C=O) groups is 1. The first kappa shape index (κ1) is 15.3. The molecule has 24 heavy (non-hydrogen) atoms. The summed E-state index contributed by atoms with van der Waals surface area (Å²) < 4.78 is 16.4. The molecule has 0 atom stereocenters. The molecule has 4 rings (SSSR count). The Morgan fingerprint density at radius 1 is 1.25 bits per heavy atom. The standard InChI is InChI=1S/C17H17ClN2O4/c18-12-6-10(7-15-16(12)23-5-1-4-22-15)9-19-17(21)13-8-14(24-20-13)11-2-3-11/h6-8,11H,1-5,9H2,(H,19,21). The summed E-state index contributed by atoms with van der Waals surface area (Å²) in [6.07, 6.45) is 3.02. The van der Waals surface area contributed by atoms with Crippen LogP contribution in [0.4, 0.5) is 0 Å². The molecular formula is C17H17ClN2O4. The van der Waals surface area contributed by atoms with Crippen molar-refractivity contribution in [2.75, 3.05) is 13.2 Å². The summed E-state index contributed by atoms with van der Waals surface area (Å²) in [5.41, 5.74) is 1.14. The molecule has 0 unspecified atom stereocenters. The number of amides is 1. The Kier molecular flexibility index (Phi) is 4.06. The van der Waals surface area contributed by atoms with Gasteiger partial charge in [0.1, 0.15) is 5.76 Å². The van der Waals surface area contributed by atoms with E-state index in [0.717, 1.165) is 30.6 Å². The topological polar surface area (TPSA) is 73.6 Å². The van der Waals surface area contributed by atoms with Gasteiger partial charge in [-0.3, -0.25) is 4.79 Å². The van der Waals surface area contributed by atoms with Gasteiger partial charge in [-0.15, -0.1) is 0 Å². The molecule has 1 aromatic carbocycles. The SMILES string of the molecule is O=C(NCc1cc(Cl)c2c(c1)OCCCO2)c1cc(C2CC2)on1. The van der Waals surface area contributed by atoms with Crippen LogP contribution in [0.1, 0.15) is 47.0 Å². The van der Waals surface area contributed by atoms with Crippen LogP contribution in [0, 0.1) is 0 Å². The molecule has 0 radical (unpaired) electrons. The Hall–Kier alpha value is -2.21. The van der Waals surface area contributed by atoms with Gasteiger partial charge in [0.05, 0.1) is 18.2 Å². The molecule has 2 aliphatic rings. The van der Waals surface area contributed by atoms with Gasteiger partial charge in [-0.2, -0.15) is 0 Å². The van der Waals surface area contributed by atoms with E-state index in [0.29, 0.717) is 47.9 Å². The van der Waals surface area contributed by atoms with Crippen molar-refractivity contribution in [3.63, 3.8) is 0 Å². The molecule has 2 heterocycles. The normalized spacial score (nSPS) is 16.5. The Balaban J connectivity index is 1.44. The zero-order chi connectivity index (χ0) is 16.5. The zero-order valence-electron chi connectivity index (χ0n) is 13.0. The fraction of sp³-hybridized carbons (Fsp3) is 0.412. The van der Waals surface area contributed by atoms with E-state index in [-0.39, 0.29) is 5.91 Å². The fourth-order valence-corrected chi connectivity index (χ4v) is 2.90. The van der Waals surface area contributed by atoms with E-state index >= 15 is 0 Å². The molecule has 1 aliphatic carbocycles. The molecule has 1 saturated carbocycles. The third-order valence-electron chi connectivity index (χ3n) is 4.06. The average Bonchev–Trinajstić information content (AvgIpc) is 3.35. The fourth-order valence-electron chi connectivity index (χ4n) is 2.62. The maximum Gasteiger partial charge on any atom is 0.273 e. The number of fused-ring (bicyclic) bond motifs is 1. The van der Waals surface area contributed by atoms with Crippen LogP contribution >= 0.6 is 11.6 Å². The van der Waals surface area contributed by atoms with Gasteiger partial charge in [-0.1, -0.05) is 16.8 Å². The van der Waals surface area contributed by atoms with Crippen LogP contribution in [0.5, 0.6) is 11.5 Å². The molecule has 0 spiro atoms. The Labute approximate surface area is 144 Å². The Morgan fingerprint density at radius 2 is 2.08 bits per heavy atom. The van der Waals surface area contributed by atoms with Crippen molar-refractivity contribution in [1.82, 2.24) is 10.5 Å². The van der Waals surface area contributed by atoms with E-state index < -0.39 is 0 Å². The van der Waals surface area contributed by atoms with Gasteiger partial charge in [0.2, 0.25) is 0 Å². The summed E-state index contributed by atoms with van der Waals surface area (Å²) in [6.45, 7) is 1.49. The summed E-state index contributed by atoms with van der Waals surface area (Å²) in [5, 5.41) is 7.14. The number of ether oxygens (including phenoxy) is 2. The molecule has 1 aromatic heterocycles. The summed E-state index contributed by atoms with van der Waals surface area (Å²) in [7, 11) is 0. The van der Waals surface area contributed by atoms with E-state index in [1.54, 1.807) is 12.1 Å². The first-order valence-electron chi connectivity index (χ1n) is 8.03. The minimum atomic E-state index is -0.270. The second-order valence-corrected chi connectivity index (χ2v) is 6.43. The van der Waals surface area contributed by atoms with Crippen molar-refractivity contribution in [2.24, 2.45) is 0 Å². The minimum absolute atomic E-state index is 0.270. The van der Waals surface area contributed by atoms with Crippen molar-refractivity contribution in [3.8, 4) is 11.5 Å². The van der Waals surface area contributed by atoms with Crippen molar-refractivity contribution in [1.29, 1.82) is 0 Å². The molecule has 0 bridgehead atoms. The number of rotatable bonds is 4. The molecule has 126 valence electrons. The summed E-state index contributed by atoms with van der Waals surface area (Å²) >= 11 is 6.25. The monoisotopic (exact) mass is 348 g/mol. The maximum absolute atomic E-state index is 12.2. The molecule has 0 saturated heterocycles. The molecular weight excluding hydrogens is 332 g/mol. The number of hydrogen-bond acceptors (Lipinski definition) is 5. The van der Waals surface area contributed by atoms with Crippen LogP contribution in [-0.2, 0) is 6.54 Å². The van der Waals surface area contributed by atoms with E-state index in [1.165, 1.54) is 0 Å². The summed E-state index contributed by atoms with van der Waals surface area (Å²) in [4.78, 5) is 12.2. The first-order valence-corrected chi connectivity index (χ1v) is 8.41. The van der Waals surface area contributed by atoms with E-state index in [1.807, 2.05) is 6.07 Å². The van der Waals surface area contributed by atoms with Gasteiger partial charge in [0, 0.05) is 24.9 Å². The second kappa shape index (κ2) is 6.36. The minimum Gasteiger partial charge on any atom is -0.489 e. The molecule has 2 aromatic rings. The highest BCUT2D eigenvalue weighted by Crippen LogP contribution is 2.40. The molecule has 1 aliphatic heterocycles. The van der Waals surface area contributed by atoms with Crippen LogP contribution in [0.2, 0.25) is 5.02 Å². The Bertz CT molecular complexity index is 770. The Morgan fingerprint density at radius 3 is 2.92 bits per heavy atom. The highest BCUT2D eigenvalue weighted by molar-refractivity contribution is 6.32. The van der Waals surface area contributed by atoms with Crippen LogP contribution < -0.4 is 14.8 Å². The summed E-state index contributed by atoms with van der Waals surface area (Å²) in [5.74, 6) is 2.13. The molecule has 1 amide bonds. The third kappa shape index (κ3) is 3.19. The van der Waals surface area contributed by atoms with Crippen molar-refractivity contribution < 1.29 is 18.8 Å². The highest BCUT2D eigenvalue weighted by Gasteiger charge is 2.28. The van der Waals surface area contributed by atoms with Gasteiger partial charge in [0.15, 0.2) is 17.2 Å². The van der Waals surface area contributed by atoms with Gasteiger partial charge in [-0.05, 0) is 30.5 Å². The van der Waals surface area contributed by atoms with Crippen LogP contribution in [0.25, 0.3) is 0 Å². The third-order valence-corrected chi connectivity index (χ3v) is 4.34. The molecule has 6 nitrogen and oxygen atoms in total. The lowest BCUT2D eigenvalue weighted by Crippen LogP contribution is -2.23. The second-order valence-electron chi connectivity index (χ2n) is 6.03. The van der Waals surface area contributed by atoms with Crippen molar-refractivity contribution >= 4 is 17.5 Å². The maximum atomic E-state index is 12.2. The number of halogens is 1. The number of aromatic nitrogens is 1. The number of nitrogens with zero attached hydrogens (tertiary/aromatic N) is 1. The van der Waals surface area contributed by atoms with Gasteiger partial charge in [0.25, 0.3) is 5.91 Å². The van der Waals surface area contributed by atoms with E-state index in [9.17, 15) is 4.79 Å². The lowest BCUT2D eigenvalue weighted by molar-refractivity contribution is 0.0941. The van der Waals surface area contributed by atoms with Gasteiger partial charge >= 0.3 is 0 Å². The number of nitrogens with one attached hydrogen (secondary N) is 1. The van der Waals surface area contributed by atoms with E-state index in [2.05, 4.69) is 10.5 Å². The lowest BCUT2D eigenvalue weighted by Gasteiger charge is -2.11. The number of hydrogen-bond donors (Lipinski definition) is 1. The quantitative estimate of drug-likeness (QED) is 0.917. The van der Waals surface area contributed by atoms with Crippen molar-refractivity contribution in [2.45, 2.75) is 31.7 Å². The first-order chi connectivity index (χ1) is 11.7. The molecule has 1 fully saturated rings. The number of carbonyl (C=O) groups excluding carboxylic acids is 1. The van der Waals surface area contributed by atoms with Gasteiger partial charge < -0.3 is 19.3 Å². The molecule has 7 heteroatoms. The van der Waals surface area contributed by atoms with Crippen LogP contribution in [0.15, 0.2) is 22.7 Å². The smallest absolute Gasteiger partial charge is 0.273 e. The lowest BCUT2D eigenvalue weighted by atomic mass is 10.2. The predicted octanol–water partition coefficient (Wildman–Crippen LogP) is 3.30. The van der Waals surface area contributed by atoms with Crippen LogP contribution in [0.3, 0.4) is 0 Å². The summed E-state index contributed by atoms with van der Waals surface area (Å²) in [6, 6.07) is 5.33. The number of benzene rings is 1.